The summed E-state index contributed by atoms with van der Waals surface area (Å²) in [7, 11) is 0. The van der Waals surface area contributed by atoms with Gasteiger partial charge in [0.15, 0.2) is 0 Å². The third kappa shape index (κ3) is 2.35. The third-order valence-electron chi connectivity index (χ3n) is 4.48. The molecular formula is C16H23N3O. The molecular weight excluding hydrogens is 250 g/mol. The van der Waals surface area contributed by atoms with Crippen molar-refractivity contribution in [3.63, 3.8) is 0 Å². The standard InChI is InChI=1S/C16H23N3O/c1-12(2)14-11-19(15-6-4-3-5-13(14)15)10-9-18-8-7-17-16(18)20/h3-6,12,14H,7-11H2,1-2H3,(H,17,20). The molecule has 1 fully saturated rings. The van der Waals surface area contributed by atoms with Crippen LogP contribution in [0.3, 0.4) is 0 Å². The molecule has 1 aromatic rings. The minimum absolute atomic E-state index is 0.0814. The molecule has 4 nitrogen and oxygen atoms in total. The van der Waals surface area contributed by atoms with E-state index in [0.717, 1.165) is 32.7 Å². The van der Waals surface area contributed by atoms with Crippen molar-refractivity contribution < 1.29 is 4.79 Å². The van der Waals surface area contributed by atoms with Gasteiger partial charge in [0.25, 0.3) is 0 Å². The van der Waals surface area contributed by atoms with Crippen molar-refractivity contribution in [3.8, 4) is 0 Å². The highest BCUT2D eigenvalue weighted by Crippen LogP contribution is 2.39. The molecule has 0 aliphatic carbocycles. The molecule has 108 valence electrons. The average molecular weight is 273 g/mol. The molecule has 2 heterocycles. The van der Waals surface area contributed by atoms with Crippen molar-refractivity contribution in [2.24, 2.45) is 5.92 Å². The predicted octanol–water partition coefficient (Wildman–Crippen LogP) is 2.27. The Morgan fingerprint density at radius 2 is 2.00 bits per heavy atom. The van der Waals surface area contributed by atoms with E-state index in [4.69, 9.17) is 0 Å². The van der Waals surface area contributed by atoms with Crippen molar-refractivity contribution in [2.45, 2.75) is 19.8 Å². The van der Waals surface area contributed by atoms with Gasteiger partial charge >= 0.3 is 6.03 Å². The van der Waals surface area contributed by atoms with Gasteiger partial charge in [0.05, 0.1) is 0 Å². The zero-order valence-electron chi connectivity index (χ0n) is 12.3. The number of urea groups is 1. The van der Waals surface area contributed by atoms with E-state index < -0.39 is 0 Å². The van der Waals surface area contributed by atoms with Crippen LogP contribution in [-0.2, 0) is 0 Å². The van der Waals surface area contributed by atoms with E-state index in [-0.39, 0.29) is 6.03 Å². The van der Waals surface area contributed by atoms with Crippen LogP contribution in [0.15, 0.2) is 24.3 Å². The fraction of sp³-hybridized carbons (Fsp3) is 0.562. The van der Waals surface area contributed by atoms with Crippen LogP contribution in [0, 0.1) is 5.92 Å². The predicted molar refractivity (Wildman–Crippen MR) is 81.2 cm³/mol. The lowest BCUT2D eigenvalue weighted by molar-refractivity contribution is 0.218. The van der Waals surface area contributed by atoms with E-state index in [9.17, 15) is 4.79 Å². The molecule has 4 heteroatoms. The Morgan fingerprint density at radius 3 is 2.70 bits per heavy atom. The summed E-state index contributed by atoms with van der Waals surface area (Å²) in [4.78, 5) is 15.9. The Labute approximate surface area is 120 Å². The van der Waals surface area contributed by atoms with Crippen molar-refractivity contribution in [3.05, 3.63) is 29.8 Å². The van der Waals surface area contributed by atoms with Gasteiger partial charge in [-0.1, -0.05) is 32.0 Å². The smallest absolute Gasteiger partial charge is 0.317 e. The van der Waals surface area contributed by atoms with Gasteiger partial charge in [0, 0.05) is 44.3 Å². The molecule has 0 radical (unpaired) electrons. The molecule has 1 atom stereocenters. The first-order valence-electron chi connectivity index (χ1n) is 7.53. The maximum absolute atomic E-state index is 11.6. The minimum atomic E-state index is 0.0814. The maximum atomic E-state index is 11.6. The topological polar surface area (TPSA) is 35.6 Å². The van der Waals surface area contributed by atoms with Crippen LogP contribution in [0.25, 0.3) is 0 Å². The van der Waals surface area contributed by atoms with Crippen LogP contribution in [0.4, 0.5) is 10.5 Å². The third-order valence-corrected chi connectivity index (χ3v) is 4.48. The molecule has 1 unspecified atom stereocenters. The molecule has 0 saturated carbocycles. The zero-order chi connectivity index (χ0) is 14.1. The Morgan fingerprint density at radius 1 is 1.25 bits per heavy atom. The van der Waals surface area contributed by atoms with Crippen molar-refractivity contribution in [2.75, 3.05) is 37.6 Å². The number of rotatable bonds is 4. The number of para-hydroxylation sites is 1. The van der Waals surface area contributed by atoms with E-state index in [1.165, 1.54) is 11.3 Å². The molecule has 2 aliphatic rings. The molecule has 1 saturated heterocycles. The number of carbonyl (C=O) groups excluding carboxylic acids is 1. The first-order valence-corrected chi connectivity index (χ1v) is 7.53. The molecule has 0 aromatic heterocycles. The van der Waals surface area contributed by atoms with Crippen LogP contribution < -0.4 is 10.2 Å². The summed E-state index contributed by atoms with van der Waals surface area (Å²) in [5, 5.41) is 2.86. The van der Waals surface area contributed by atoms with Gasteiger partial charge in [-0.2, -0.15) is 0 Å². The fourth-order valence-corrected chi connectivity index (χ4v) is 3.27. The van der Waals surface area contributed by atoms with Gasteiger partial charge in [0.2, 0.25) is 0 Å². The molecule has 1 N–H and O–H groups in total. The highest BCUT2D eigenvalue weighted by atomic mass is 16.2. The number of amides is 2. The summed E-state index contributed by atoms with van der Waals surface area (Å²) in [6, 6.07) is 8.78. The number of carbonyl (C=O) groups is 1. The number of benzene rings is 1. The van der Waals surface area contributed by atoms with Crippen molar-refractivity contribution in [1.82, 2.24) is 10.2 Å². The van der Waals surface area contributed by atoms with Gasteiger partial charge in [-0.15, -0.1) is 0 Å². The van der Waals surface area contributed by atoms with E-state index >= 15 is 0 Å². The summed E-state index contributed by atoms with van der Waals surface area (Å²) in [5.41, 5.74) is 2.82. The highest BCUT2D eigenvalue weighted by molar-refractivity contribution is 5.76. The quantitative estimate of drug-likeness (QED) is 0.913. The molecule has 2 amide bonds. The summed E-state index contributed by atoms with van der Waals surface area (Å²) in [6.07, 6.45) is 0. The zero-order valence-corrected chi connectivity index (χ0v) is 12.3. The lowest BCUT2D eigenvalue weighted by atomic mass is 9.90. The monoisotopic (exact) mass is 273 g/mol. The van der Waals surface area contributed by atoms with Crippen LogP contribution in [0.1, 0.15) is 25.3 Å². The van der Waals surface area contributed by atoms with Gasteiger partial charge < -0.3 is 15.1 Å². The van der Waals surface area contributed by atoms with Gasteiger partial charge in [-0.25, -0.2) is 4.79 Å². The molecule has 2 aliphatic heterocycles. The largest absolute Gasteiger partial charge is 0.369 e. The Bertz CT molecular complexity index is 500. The number of hydrogen-bond donors (Lipinski definition) is 1. The summed E-state index contributed by atoms with van der Waals surface area (Å²) >= 11 is 0. The van der Waals surface area contributed by atoms with E-state index in [0.29, 0.717) is 11.8 Å². The molecule has 3 rings (SSSR count). The normalized spacial score (nSPS) is 21.6. The van der Waals surface area contributed by atoms with E-state index in [1.807, 2.05) is 4.90 Å². The number of nitrogens with one attached hydrogen (secondary N) is 1. The second-order valence-electron chi connectivity index (χ2n) is 6.07. The van der Waals surface area contributed by atoms with Crippen LogP contribution in [0.5, 0.6) is 0 Å². The summed E-state index contributed by atoms with van der Waals surface area (Å²) in [6.45, 7) is 9.01. The molecule has 0 bridgehead atoms. The Kier molecular flexibility index (Phi) is 3.55. The molecule has 20 heavy (non-hydrogen) atoms. The second kappa shape index (κ2) is 5.35. The fourth-order valence-electron chi connectivity index (χ4n) is 3.27. The van der Waals surface area contributed by atoms with Crippen LogP contribution in [0.2, 0.25) is 0 Å². The van der Waals surface area contributed by atoms with E-state index in [1.54, 1.807) is 0 Å². The first-order chi connectivity index (χ1) is 9.66. The van der Waals surface area contributed by atoms with Crippen LogP contribution in [-0.4, -0.2) is 43.7 Å². The lowest BCUT2D eigenvalue weighted by Crippen LogP contribution is -2.36. The Hall–Kier alpha value is -1.71. The van der Waals surface area contributed by atoms with Gasteiger partial charge in [-0.3, -0.25) is 0 Å². The van der Waals surface area contributed by atoms with Crippen molar-refractivity contribution >= 4 is 11.7 Å². The van der Waals surface area contributed by atoms with Crippen LogP contribution >= 0.6 is 0 Å². The maximum Gasteiger partial charge on any atom is 0.317 e. The van der Waals surface area contributed by atoms with E-state index in [2.05, 4.69) is 48.3 Å². The SMILES string of the molecule is CC(C)C1CN(CCN2CCNC2=O)c2ccccc21. The number of nitrogens with zero attached hydrogens (tertiary/aromatic N) is 2. The molecule has 0 spiro atoms. The number of hydrogen-bond acceptors (Lipinski definition) is 2. The number of fused-ring (bicyclic) bond motifs is 1. The average Bonchev–Trinajstić information content (AvgIpc) is 3.00. The first kappa shape index (κ1) is 13.3. The second-order valence-corrected chi connectivity index (χ2v) is 6.07. The molecule has 1 aromatic carbocycles. The highest BCUT2D eigenvalue weighted by Gasteiger charge is 2.30. The van der Waals surface area contributed by atoms with Gasteiger partial charge in [-0.05, 0) is 17.5 Å². The Balaban J connectivity index is 1.70. The van der Waals surface area contributed by atoms with Gasteiger partial charge in [0.1, 0.15) is 0 Å². The minimum Gasteiger partial charge on any atom is -0.369 e. The van der Waals surface area contributed by atoms with Crippen molar-refractivity contribution in [1.29, 1.82) is 0 Å². The lowest BCUT2D eigenvalue weighted by Gasteiger charge is -2.24. The summed E-state index contributed by atoms with van der Waals surface area (Å²) in [5.74, 6) is 1.26. The summed E-state index contributed by atoms with van der Waals surface area (Å²) < 4.78 is 0. The number of anilines is 1.